The van der Waals surface area contributed by atoms with E-state index < -0.39 is 0 Å². The molecule has 1 unspecified atom stereocenters. The van der Waals surface area contributed by atoms with Crippen LogP contribution in [0.1, 0.15) is 38.7 Å². The molecule has 0 fully saturated rings. The lowest BCUT2D eigenvalue weighted by molar-refractivity contribution is 0.407. The Morgan fingerprint density at radius 2 is 2.07 bits per heavy atom. The minimum Gasteiger partial charge on any atom is -0.327 e. The van der Waals surface area contributed by atoms with Crippen molar-refractivity contribution < 1.29 is 0 Å². The van der Waals surface area contributed by atoms with E-state index in [-0.39, 0.29) is 0 Å². The number of hydrogen-bond donors (Lipinski definition) is 1. The highest BCUT2D eigenvalue weighted by Gasteiger charge is 2.10. The molecule has 1 aromatic rings. The minimum absolute atomic E-state index is 0.342. The van der Waals surface area contributed by atoms with E-state index in [4.69, 9.17) is 5.73 Å². The van der Waals surface area contributed by atoms with Gasteiger partial charge in [0, 0.05) is 6.04 Å². The second-order valence-electron chi connectivity index (χ2n) is 4.01. The van der Waals surface area contributed by atoms with E-state index in [0.717, 1.165) is 12.3 Å². The molecule has 1 nitrogen and oxygen atoms in total. The van der Waals surface area contributed by atoms with Crippen molar-refractivity contribution in [2.75, 3.05) is 0 Å². The van der Waals surface area contributed by atoms with Crippen molar-refractivity contribution in [3.63, 3.8) is 0 Å². The molecule has 2 heteroatoms. The third-order valence-electron chi connectivity index (χ3n) is 2.87. The average molecular weight is 211 g/mol. The van der Waals surface area contributed by atoms with Gasteiger partial charge in [0.25, 0.3) is 0 Å². The second kappa shape index (κ2) is 6.20. The quantitative estimate of drug-likeness (QED) is 0.766. The fourth-order valence-corrected chi connectivity index (χ4v) is 2.53. The van der Waals surface area contributed by atoms with Crippen LogP contribution >= 0.6 is 11.3 Å². The zero-order valence-electron chi connectivity index (χ0n) is 9.20. The highest BCUT2D eigenvalue weighted by atomic mass is 32.1. The van der Waals surface area contributed by atoms with Gasteiger partial charge in [0.2, 0.25) is 0 Å². The van der Waals surface area contributed by atoms with Crippen molar-refractivity contribution in [1.29, 1.82) is 0 Å². The molecule has 0 amide bonds. The molecule has 0 spiro atoms. The molecule has 0 aliphatic heterocycles. The van der Waals surface area contributed by atoms with Crippen LogP contribution in [-0.2, 0) is 6.42 Å². The van der Waals surface area contributed by atoms with Gasteiger partial charge in [-0.1, -0.05) is 26.7 Å². The minimum atomic E-state index is 0.342. The van der Waals surface area contributed by atoms with Crippen molar-refractivity contribution in [3.05, 3.63) is 22.4 Å². The third-order valence-corrected chi connectivity index (χ3v) is 3.60. The Bertz CT molecular complexity index is 226. The van der Waals surface area contributed by atoms with Crippen LogP contribution in [0.4, 0.5) is 0 Å². The van der Waals surface area contributed by atoms with Gasteiger partial charge in [0.15, 0.2) is 0 Å². The number of nitrogens with two attached hydrogens (primary N) is 1. The molecule has 2 N–H and O–H groups in total. The van der Waals surface area contributed by atoms with E-state index in [1.54, 1.807) is 11.3 Å². The first kappa shape index (κ1) is 11.7. The van der Waals surface area contributed by atoms with Crippen molar-refractivity contribution in [2.24, 2.45) is 11.7 Å². The van der Waals surface area contributed by atoms with Crippen molar-refractivity contribution >= 4 is 11.3 Å². The molecule has 80 valence electrons. The lowest BCUT2D eigenvalue weighted by Gasteiger charge is -2.17. The maximum atomic E-state index is 6.12. The Balaban J connectivity index is 2.31. The summed E-state index contributed by atoms with van der Waals surface area (Å²) >= 11 is 1.76. The maximum absolute atomic E-state index is 6.12. The van der Waals surface area contributed by atoms with E-state index in [1.165, 1.54) is 24.8 Å². The predicted octanol–water partition coefficient (Wildman–Crippen LogP) is 3.44. The van der Waals surface area contributed by atoms with Crippen LogP contribution in [0.25, 0.3) is 0 Å². The van der Waals surface area contributed by atoms with Gasteiger partial charge in [-0.3, -0.25) is 0 Å². The lowest BCUT2D eigenvalue weighted by Crippen LogP contribution is -2.25. The van der Waals surface area contributed by atoms with Crippen LogP contribution in [0.3, 0.4) is 0 Å². The molecule has 0 radical (unpaired) electrons. The van der Waals surface area contributed by atoms with Crippen LogP contribution < -0.4 is 5.73 Å². The molecule has 0 saturated carbocycles. The molecule has 0 aliphatic rings. The average Bonchev–Trinajstić information content (AvgIpc) is 2.66. The normalized spacial score (nSPS) is 13.4. The zero-order chi connectivity index (χ0) is 10.4. The predicted molar refractivity (Wildman–Crippen MR) is 64.7 cm³/mol. The van der Waals surface area contributed by atoms with E-state index >= 15 is 0 Å². The van der Waals surface area contributed by atoms with E-state index in [2.05, 4.69) is 30.7 Å². The zero-order valence-corrected chi connectivity index (χ0v) is 10.0. The molecule has 1 heterocycles. The summed E-state index contributed by atoms with van der Waals surface area (Å²) in [5.74, 6) is 0.809. The fraction of sp³-hybridized carbons (Fsp3) is 0.667. The highest BCUT2D eigenvalue weighted by Crippen LogP contribution is 2.17. The Morgan fingerprint density at radius 1 is 1.36 bits per heavy atom. The van der Waals surface area contributed by atoms with Crippen molar-refractivity contribution in [2.45, 2.75) is 45.6 Å². The molecule has 0 saturated heterocycles. The summed E-state index contributed by atoms with van der Waals surface area (Å²) in [6.07, 6.45) is 4.73. The summed E-state index contributed by atoms with van der Waals surface area (Å²) in [5, 5.41) is 4.33. The maximum Gasteiger partial charge on any atom is 0.00822 e. The SMILES string of the molecule is CCC(CC)CC(N)Cc1ccsc1. The van der Waals surface area contributed by atoms with Crippen molar-refractivity contribution in [3.8, 4) is 0 Å². The Labute approximate surface area is 91.3 Å². The van der Waals surface area contributed by atoms with Crippen molar-refractivity contribution in [1.82, 2.24) is 0 Å². The number of hydrogen-bond acceptors (Lipinski definition) is 2. The molecule has 0 aromatic carbocycles. The molecule has 0 bridgehead atoms. The lowest BCUT2D eigenvalue weighted by atomic mass is 9.93. The standard InChI is InChI=1S/C12H21NS/c1-3-10(4-2)7-12(13)8-11-5-6-14-9-11/h5-6,9-10,12H,3-4,7-8,13H2,1-2H3. The molecular weight excluding hydrogens is 190 g/mol. The van der Waals surface area contributed by atoms with Gasteiger partial charge in [0.1, 0.15) is 0 Å². The first-order valence-electron chi connectivity index (χ1n) is 5.52. The first-order chi connectivity index (χ1) is 6.76. The molecule has 1 atom stereocenters. The fourth-order valence-electron chi connectivity index (χ4n) is 1.85. The van der Waals surface area contributed by atoms with Gasteiger partial charge in [-0.15, -0.1) is 0 Å². The summed E-state index contributed by atoms with van der Waals surface area (Å²) in [6.45, 7) is 4.51. The van der Waals surface area contributed by atoms with Crippen LogP contribution in [0.5, 0.6) is 0 Å². The van der Waals surface area contributed by atoms with Gasteiger partial charge >= 0.3 is 0 Å². The summed E-state index contributed by atoms with van der Waals surface area (Å²) in [5.41, 5.74) is 7.52. The topological polar surface area (TPSA) is 26.0 Å². The molecule has 1 rings (SSSR count). The number of rotatable bonds is 6. The number of thiophene rings is 1. The molecule has 1 aromatic heterocycles. The molecular formula is C12H21NS. The molecule has 0 aliphatic carbocycles. The summed E-state index contributed by atoms with van der Waals surface area (Å²) < 4.78 is 0. The van der Waals surface area contributed by atoms with Gasteiger partial charge in [-0.05, 0) is 41.1 Å². The first-order valence-corrected chi connectivity index (χ1v) is 6.47. The summed E-state index contributed by atoms with van der Waals surface area (Å²) in [4.78, 5) is 0. The van der Waals surface area contributed by atoms with Gasteiger partial charge in [0.05, 0.1) is 0 Å². The van der Waals surface area contributed by atoms with Gasteiger partial charge in [-0.2, -0.15) is 11.3 Å². The Morgan fingerprint density at radius 3 is 2.57 bits per heavy atom. The molecule has 14 heavy (non-hydrogen) atoms. The van der Waals surface area contributed by atoms with Gasteiger partial charge < -0.3 is 5.73 Å². The van der Waals surface area contributed by atoms with Crippen LogP contribution in [0, 0.1) is 5.92 Å². The van der Waals surface area contributed by atoms with E-state index in [1.807, 2.05) is 0 Å². The van der Waals surface area contributed by atoms with Crippen LogP contribution in [0.2, 0.25) is 0 Å². The van der Waals surface area contributed by atoms with Crippen LogP contribution in [0.15, 0.2) is 16.8 Å². The largest absolute Gasteiger partial charge is 0.327 e. The monoisotopic (exact) mass is 211 g/mol. The second-order valence-corrected chi connectivity index (χ2v) is 4.79. The highest BCUT2D eigenvalue weighted by molar-refractivity contribution is 7.07. The van der Waals surface area contributed by atoms with Crippen LogP contribution in [-0.4, -0.2) is 6.04 Å². The Hall–Kier alpha value is -0.340. The van der Waals surface area contributed by atoms with E-state index in [9.17, 15) is 0 Å². The van der Waals surface area contributed by atoms with E-state index in [0.29, 0.717) is 6.04 Å². The smallest absolute Gasteiger partial charge is 0.00822 e. The Kier molecular flexibility index (Phi) is 5.20. The third kappa shape index (κ3) is 3.81. The summed E-state index contributed by atoms with van der Waals surface area (Å²) in [6, 6.07) is 2.52. The summed E-state index contributed by atoms with van der Waals surface area (Å²) in [7, 11) is 0. The van der Waals surface area contributed by atoms with Gasteiger partial charge in [-0.25, -0.2) is 0 Å².